The van der Waals surface area contributed by atoms with Gasteiger partial charge in [0.15, 0.2) is 0 Å². The highest BCUT2D eigenvalue weighted by atomic mass is 16.5. The summed E-state index contributed by atoms with van der Waals surface area (Å²) in [6, 6.07) is 12.3. The molecule has 0 aliphatic rings. The molecule has 22 heteroatoms. The predicted molar refractivity (Wildman–Crippen MR) is 249 cm³/mol. The Morgan fingerprint density at radius 3 is 1.40 bits per heavy atom. The minimum atomic E-state index is -1.88. The number of carbonyl (C=O) groups is 10. The molecule has 0 radical (unpaired) electrons. The van der Waals surface area contributed by atoms with Crippen molar-refractivity contribution in [2.24, 2.45) is 5.92 Å². The molecule has 0 fully saturated rings. The van der Waals surface area contributed by atoms with Crippen molar-refractivity contribution in [3.63, 3.8) is 0 Å². The van der Waals surface area contributed by atoms with Gasteiger partial charge in [-0.25, -0.2) is 4.79 Å². The van der Waals surface area contributed by atoms with Crippen LogP contribution in [0.4, 0.5) is 0 Å². The molecule has 3 rings (SSSR count). The number of aliphatic hydroxyl groups is 1. The van der Waals surface area contributed by atoms with Crippen molar-refractivity contribution < 1.29 is 73.1 Å². The number of hydrogen-bond acceptors (Lipinski definition) is 12. The smallest absolute Gasteiger partial charge is 0.326 e. The van der Waals surface area contributed by atoms with E-state index in [0.29, 0.717) is 22.4 Å². The summed E-state index contributed by atoms with van der Waals surface area (Å²) in [4.78, 5) is 130. The van der Waals surface area contributed by atoms with Gasteiger partial charge in [0.1, 0.15) is 48.0 Å². The molecule has 0 spiro atoms. The Balaban J connectivity index is 1.75. The molecule has 0 aliphatic carbocycles. The average Bonchev–Trinajstić information content (AvgIpc) is 3.29. The summed E-state index contributed by atoms with van der Waals surface area (Å²) in [5.74, 6) is -11.3. The minimum Gasteiger partial charge on any atom is -0.497 e. The average molecular weight is 976 g/mol. The van der Waals surface area contributed by atoms with Crippen LogP contribution >= 0.6 is 0 Å². The van der Waals surface area contributed by atoms with Crippen molar-refractivity contribution >= 4 is 59.3 Å². The summed E-state index contributed by atoms with van der Waals surface area (Å²) in [5.41, 5.74) is 1.81. The van der Waals surface area contributed by atoms with E-state index in [1.165, 1.54) is 14.0 Å². The fourth-order valence-corrected chi connectivity index (χ4v) is 6.90. The predicted octanol–water partition coefficient (Wildman–Crippen LogP) is -0.403. The highest BCUT2D eigenvalue weighted by molar-refractivity contribution is 5.99. The van der Waals surface area contributed by atoms with Gasteiger partial charge in [0.2, 0.25) is 41.4 Å². The molecule has 0 aromatic heterocycles. The Bertz CT molecular complexity index is 2300. The standard InChI is InChI=1S/C48H61N7O15/c1-26(2)20-33(53-47(67)41(28(4)56)55-46(66)34(21-29-12-8-6-9-13-29)50-38(57)23-31-16-18-32(70-5)19-17-31)44(64)52-35(24-39(58)59)43(63)49-27(3)42(62)51-36(25-40(60)61)45(65)54-37(48(68)69)22-30-14-10-7-11-15-30/h6-19,26-28,33-37,41,56H,20-25H2,1-5H3,(H,49,63)(H,50,57)(H,51,62)(H,52,64)(H,53,67)(H,54,65)(H,55,66)(H,58,59)(H,60,61)(H,68,69)/t27-,28+,33-,34-,35-,36-,37-,41-/m0/s1. The van der Waals surface area contributed by atoms with Gasteiger partial charge in [-0.1, -0.05) is 86.6 Å². The van der Waals surface area contributed by atoms with E-state index in [1.54, 1.807) is 98.8 Å². The van der Waals surface area contributed by atoms with Crippen LogP contribution in [0.5, 0.6) is 5.75 Å². The highest BCUT2D eigenvalue weighted by Crippen LogP contribution is 2.13. The van der Waals surface area contributed by atoms with E-state index < -0.39 is 120 Å². The van der Waals surface area contributed by atoms with Crippen molar-refractivity contribution in [2.75, 3.05) is 7.11 Å². The van der Waals surface area contributed by atoms with Gasteiger partial charge >= 0.3 is 17.9 Å². The zero-order valence-electron chi connectivity index (χ0n) is 39.3. The molecule has 0 saturated carbocycles. The van der Waals surface area contributed by atoms with E-state index in [2.05, 4.69) is 37.2 Å². The monoisotopic (exact) mass is 975 g/mol. The molecule has 0 heterocycles. The first-order valence-corrected chi connectivity index (χ1v) is 22.2. The van der Waals surface area contributed by atoms with Crippen LogP contribution in [0.15, 0.2) is 84.9 Å². The zero-order chi connectivity index (χ0) is 52.1. The molecule has 70 heavy (non-hydrogen) atoms. The number of nitrogens with one attached hydrogen (secondary N) is 7. The molecule has 0 saturated heterocycles. The third-order valence-corrected chi connectivity index (χ3v) is 10.5. The molecule has 0 bridgehead atoms. The van der Waals surface area contributed by atoms with Crippen molar-refractivity contribution in [1.29, 1.82) is 0 Å². The van der Waals surface area contributed by atoms with E-state index in [-0.39, 0.29) is 31.6 Å². The van der Waals surface area contributed by atoms with Gasteiger partial charge in [-0.3, -0.25) is 43.2 Å². The van der Waals surface area contributed by atoms with E-state index >= 15 is 0 Å². The van der Waals surface area contributed by atoms with E-state index in [0.717, 1.165) is 6.92 Å². The van der Waals surface area contributed by atoms with Crippen LogP contribution in [0.3, 0.4) is 0 Å². The number of methoxy groups -OCH3 is 1. The lowest BCUT2D eigenvalue weighted by molar-refractivity contribution is -0.143. The minimum absolute atomic E-state index is 0.0124. The maximum absolute atomic E-state index is 13.9. The van der Waals surface area contributed by atoms with Crippen LogP contribution in [0, 0.1) is 5.92 Å². The fourth-order valence-electron chi connectivity index (χ4n) is 6.90. The summed E-state index contributed by atoms with van der Waals surface area (Å²) >= 11 is 0. The quantitative estimate of drug-likeness (QED) is 0.0441. The topological polar surface area (TPSA) is 345 Å². The van der Waals surface area contributed by atoms with Crippen molar-refractivity contribution in [1.82, 2.24) is 37.2 Å². The molecule has 378 valence electrons. The number of amides is 7. The number of carboxylic acid groups (broad SMARTS) is 3. The van der Waals surface area contributed by atoms with Gasteiger partial charge in [0.25, 0.3) is 0 Å². The number of aliphatic hydroxyl groups excluding tert-OH is 1. The third-order valence-electron chi connectivity index (χ3n) is 10.5. The van der Waals surface area contributed by atoms with Crippen LogP contribution in [0.25, 0.3) is 0 Å². The Morgan fingerprint density at radius 1 is 0.486 bits per heavy atom. The van der Waals surface area contributed by atoms with E-state index in [9.17, 15) is 68.4 Å². The molecule has 0 unspecified atom stereocenters. The maximum Gasteiger partial charge on any atom is 0.326 e. The fraction of sp³-hybridized carbons (Fsp3) is 0.417. The molecule has 0 aliphatic heterocycles. The van der Waals surface area contributed by atoms with Crippen molar-refractivity contribution in [3.8, 4) is 5.75 Å². The highest BCUT2D eigenvalue weighted by Gasteiger charge is 2.36. The molecule has 22 nitrogen and oxygen atoms in total. The Kier molecular flexibility index (Phi) is 22.4. The number of aliphatic carboxylic acids is 3. The Labute approximate surface area is 403 Å². The molecular formula is C48H61N7O15. The molecule has 8 atom stereocenters. The SMILES string of the molecule is COc1ccc(CC(=O)N[C@@H](Cc2ccccc2)C(=O)N[C@H](C(=O)N[C@@H](CC(C)C)C(=O)N[C@@H](CC(=O)O)C(=O)N[C@@H](C)C(=O)N[C@@H](CC(=O)O)C(=O)N[C@@H](Cc2ccccc2)C(=O)O)[C@@H](C)O)cc1. The summed E-state index contributed by atoms with van der Waals surface area (Å²) < 4.78 is 5.16. The van der Waals surface area contributed by atoms with Crippen LogP contribution in [0.2, 0.25) is 0 Å². The second-order valence-corrected chi connectivity index (χ2v) is 16.9. The number of benzene rings is 3. The number of hydrogen-bond donors (Lipinski definition) is 11. The van der Waals surface area contributed by atoms with Gasteiger partial charge in [-0.2, -0.15) is 0 Å². The first-order valence-electron chi connectivity index (χ1n) is 22.2. The van der Waals surface area contributed by atoms with Crippen molar-refractivity contribution in [3.05, 3.63) is 102 Å². The number of carboxylic acids is 3. The van der Waals surface area contributed by atoms with E-state index in [1.807, 2.05) is 0 Å². The third kappa shape index (κ3) is 19.4. The number of carbonyl (C=O) groups excluding carboxylic acids is 7. The van der Waals surface area contributed by atoms with E-state index in [4.69, 9.17) is 4.74 Å². The van der Waals surface area contributed by atoms with Gasteiger partial charge in [0, 0.05) is 12.8 Å². The number of ether oxygens (including phenoxy) is 1. The lowest BCUT2D eigenvalue weighted by Crippen LogP contribution is -2.61. The lowest BCUT2D eigenvalue weighted by atomic mass is 10.0. The lowest BCUT2D eigenvalue weighted by Gasteiger charge is -2.28. The van der Waals surface area contributed by atoms with Gasteiger partial charge in [-0.15, -0.1) is 0 Å². The second-order valence-electron chi connectivity index (χ2n) is 16.9. The summed E-state index contributed by atoms with van der Waals surface area (Å²) in [6.07, 6.45) is -3.99. The normalized spacial score (nSPS) is 14.3. The van der Waals surface area contributed by atoms with Crippen LogP contribution in [-0.4, -0.2) is 135 Å². The van der Waals surface area contributed by atoms with Gasteiger partial charge in [0.05, 0.1) is 32.5 Å². The van der Waals surface area contributed by atoms with Gasteiger partial charge < -0.3 is 62.4 Å². The zero-order valence-corrected chi connectivity index (χ0v) is 39.3. The molecule has 7 amide bonds. The van der Waals surface area contributed by atoms with Crippen LogP contribution < -0.4 is 42.0 Å². The first kappa shape index (κ1) is 56.4. The Morgan fingerprint density at radius 2 is 0.929 bits per heavy atom. The number of rotatable bonds is 28. The first-order chi connectivity index (χ1) is 33.1. The molecule has 3 aromatic rings. The van der Waals surface area contributed by atoms with Crippen LogP contribution in [-0.2, 0) is 67.2 Å². The molecule has 11 N–H and O–H groups in total. The summed E-state index contributed by atoms with van der Waals surface area (Å²) in [5, 5.41) is 56.0. The Hall–Kier alpha value is -7.88. The molecule has 3 aromatic carbocycles. The summed E-state index contributed by atoms with van der Waals surface area (Å²) in [6.45, 7) is 5.69. The largest absolute Gasteiger partial charge is 0.497 e. The van der Waals surface area contributed by atoms with Gasteiger partial charge in [-0.05, 0) is 55.0 Å². The molecular weight excluding hydrogens is 915 g/mol. The van der Waals surface area contributed by atoms with Crippen molar-refractivity contribution in [2.45, 2.75) is 115 Å². The summed E-state index contributed by atoms with van der Waals surface area (Å²) in [7, 11) is 1.50. The second kappa shape index (κ2) is 27.8. The van der Waals surface area contributed by atoms with Crippen LogP contribution in [0.1, 0.15) is 63.6 Å². The maximum atomic E-state index is 13.9.